The first-order valence-corrected chi connectivity index (χ1v) is 12.5. The molecule has 2 fully saturated rings. The van der Waals surface area contributed by atoms with Crippen molar-refractivity contribution in [3.63, 3.8) is 0 Å². The summed E-state index contributed by atoms with van der Waals surface area (Å²) < 4.78 is 34.7. The zero-order valence-electron chi connectivity index (χ0n) is 18.7. The van der Waals surface area contributed by atoms with Crippen LogP contribution in [-0.2, 0) is 21.4 Å². The van der Waals surface area contributed by atoms with Gasteiger partial charge in [-0.25, -0.2) is 13.2 Å². The van der Waals surface area contributed by atoms with E-state index in [0.29, 0.717) is 29.9 Å². The SMILES string of the molecule is CC1(C)C2CN(C(=O)OCc3ccccc3)CC2CN1S(=O)(=O)c1cccc2cnccc12. The third-order valence-electron chi connectivity index (χ3n) is 7.06. The van der Waals surface area contributed by atoms with E-state index in [0.717, 1.165) is 10.9 Å². The standard InChI is InChI=1S/C25H27N3O4S/c1-25(2)22-16-27(24(29)32-17-18-7-4-3-5-8-18)14-20(22)15-28(25)33(30,31)23-10-6-9-19-13-26-12-11-21(19)23/h3-13,20,22H,14-17H2,1-2H3. The maximum absolute atomic E-state index is 13.8. The van der Waals surface area contributed by atoms with Crippen LogP contribution >= 0.6 is 0 Å². The summed E-state index contributed by atoms with van der Waals surface area (Å²) in [6.07, 6.45) is 2.95. The van der Waals surface area contributed by atoms with Gasteiger partial charge in [-0.15, -0.1) is 0 Å². The Kier molecular flexibility index (Phi) is 5.37. The molecule has 5 rings (SSSR count). The number of rotatable bonds is 4. The quantitative estimate of drug-likeness (QED) is 0.584. The highest BCUT2D eigenvalue weighted by Gasteiger charge is 2.56. The van der Waals surface area contributed by atoms with Crippen molar-refractivity contribution in [3.05, 3.63) is 72.6 Å². The highest BCUT2D eigenvalue weighted by Crippen LogP contribution is 2.46. The molecule has 0 aliphatic carbocycles. The van der Waals surface area contributed by atoms with E-state index in [-0.39, 0.29) is 24.5 Å². The van der Waals surface area contributed by atoms with Gasteiger partial charge in [-0.2, -0.15) is 4.31 Å². The molecule has 2 atom stereocenters. The van der Waals surface area contributed by atoms with Crippen molar-refractivity contribution < 1.29 is 17.9 Å². The number of nitrogens with zero attached hydrogens (tertiary/aromatic N) is 3. The average molecular weight is 466 g/mol. The zero-order chi connectivity index (χ0) is 23.2. The van der Waals surface area contributed by atoms with Gasteiger partial charge in [0.25, 0.3) is 0 Å². The number of ether oxygens (including phenoxy) is 1. The van der Waals surface area contributed by atoms with Crippen molar-refractivity contribution in [1.82, 2.24) is 14.2 Å². The van der Waals surface area contributed by atoms with Gasteiger partial charge >= 0.3 is 6.09 Å². The molecule has 172 valence electrons. The summed E-state index contributed by atoms with van der Waals surface area (Å²) in [5, 5.41) is 1.47. The number of aromatic nitrogens is 1. The molecule has 1 amide bonds. The molecule has 2 saturated heterocycles. The number of amides is 1. The summed E-state index contributed by atoms with van der Waals surface area (Å²) >= 11 is 0. The van der Waals surface area contributed by atoms with E-state index in [4.69, 9.17) is 4.74 Å². The molecule has 2 unspecified atom stereocenters. The van der Waals surface area contributed by atoms with Crippen LogP contribution in [0, 0.1) is 11.8 Å². The highest BCUT2D eigenvalue weighted by atomic mass is 32.2. The van der Waals surface area contributed by atoms with Crippen LogP contribution in [0.4, 0.5) is 4.79 Å². The molecule has 8 heteroatoms. The lowest BCUT2D eigenvalue weighted by atomic mass is 9.85. The summed E-state index contributed by atoms with van der Waals surface area (Å²) in [5.74, 6) is 0.101. The lowest BCUT2D eigenvalue weighted by Gasteiger charge is -2.35. The number of fused-ring (bicyclic) bond motifs is 2. The van der Waals surface area contributed by atoms with E-state index in [1.54, 1.807) is 39.8 Å². The molecule has 0 bridgehead atoms. The third kappa shape index (κ3) is 3.77. The van der Waals surface area contributed by atoms with Crippen LogP contribution in [0.15, 0.2) is 71.9 Å². The van der Waals surface area contributed by atoms with E-state index in [9.17, 15) is 13.2 Å². The minimum Gasteiger partial charge on any atom is -0.445 e. The van der Waals surface area contributed by atoms with Crippen LogP contribution in [0.3, 0.4) is 0 Å². The summed E-state index contributed by atoms with van der Waals surface area (Å²) in [6.45, 7) is 5.50. The van der Waals surface area contributed by atoms with Crippen molar-refractivity contribution in [2.45, 2.75) is 30.9 Å². The van der Waals surface area contributed by atoms with Crippen LogP contribution in [0.5, 0.6) is 0 Å². The number of likely N-dealkylation sites (tertiary alicyclic amines) is 1. The fourth-order valence-electron chi connectivity index (χ4n) is 5.29. The maximum atomic E-state index is 13.8. The van der Waals surface area contributed by atoms with Crippen LogP contribution in [0.1, 0.15) is 19.4 Å². The first-order valence-electron chi connectivity index (χ1n) is 11.1. The molecule has 7 nitrogen and oxygen atoms in total. The average Bonchev–Trinajstić information content (AvgIpc) is 3.36. The van der Waals surface area contributed by atoms with Gasteiger partial charge < -0.3 is 9.64 Å². The Morgan fingerprint density at radius 1 is 1.06 bits per heavy atom. The Labute approximate surface area is 194 Å². The second-order valence-electron chi connectivity index (χ2n) is 9.35. The van der Waals surface area contributed by atoms with Gasteiger partial charge in [0, 0.05) is 54.3 Å². The predicted molar refractivity (Wildman–Crippen MR) is 125 cm³/mol. The first kappa shape index (κ1) is 21.9. The number of benzene rings is 2. The molecule has 0 radical (unpaired) electrons. The van der Waals surface area contributed by atoms with E-state index in [1.165, 1.54) is 0 Å². The Morgan fingerprint density at radius 3 is 2.61 bits per heavy atom. The van der Waals surface area contributed by atoms with Crippen LogP contribution in [0.25, 0.3) is 10.8 Å². The Morgan fingerprint density at radius 2 is 1.85 bits per heavy atom. The summed E-state index contributed by atoms with van der Waals surface area (Å²) in [7, 11) is -3.73. The lowest BCUT2D eigenvalue weighted by Crippen LogP contribution is -2.48. The van der Waals surface area contributed by atoms with Gasteiger partial charge in [-0.3, -0.25) is 4.98 Å². The third-order valence-corrected chi connectivity index (χ3v) is 9.18. The zero-order valence-corrected chi connectivity index (χ0v) is 19.5. The number of carbonyl (C=O) groups excluding carboxylic acids is 1. The van der Waals surface area contributed by atoms with Crippen molar-refractivity contribution >= 4 is 26.9 Å². The second-order valence-corrected chi connectivity index (χ2v) is 11.2. The molecular weight excluding hydrogens is 438 g/mol. The fourth-order valence-corrected chi connectivity index (χ4v) is 7.39. The lowest BCUT2D eigenvalue weighted by molar-refractivity contribution is 0.0972. The van der Waals surface area contributed by atoms with Crippen molar-refractivity contribution in [1.29, 1.82) is 0 Å². The van der Waals surface area contributed by atoms with Gasteiger partial charge in [-0.05, 0) is 37.5 Å². The fraction of sp³-hybridized carbons (Fsp3) is 0.360. The molecule has 2 aliphatic heterocycles. The summed E-state index contributed by atoms with van der Waals surface area (Å²) in [5.41, 5.74) is 0.306. The van der Waals surface area contributed by atoms with Crippen molar-refractivity contribution in [3.8, 4) is 0 Å². The van der Waals surface area contributed by atoms with Gasteiger partial charge in [0.2, 0.25) is 10.0 Å². The topological polar surface area (TPSA) is 79.8 Å². The number of sulfonamides is 1. The van der Waals surface area contributed by atoms with Crippen molar-refractivity contribution in [2.24, 2.45) is 11.8 Å². The number of pyridine rings is 1. The molecule has 3 heterocycles. The van der Waals surface area contributed by atoms with E-state index < -0.39 is 15.6 Å². The van der Waals surface area contributed by atoms with E-state index in [2.05, 4.69) is 4.98 Å². The smallest absolute Gasteiger partial charge is 0.410 e. The molecule has 33 heavy (non-hydrogen) atoms. The summed E-state index contributed by atoms with van der Waals surface area (Å²) in [4.78, 5) is 18.8. The number of hydrogen-bond acceptors (Lipinski definition) is 5. The van der Waals surface area contributed by atoms with Gasteiger partial charge in [0.1, 0.15) is 6.61 Å². The summed E-state index contributed by atoms with van der Waals surface area (Å²) in [6, 6.07) is 16.6. The Hall–Kier alpha value is -2.97. The predicted octanol–water partition coefficient (Wildman–Crippen LogP) is 3.90. The molecule has 2 aromatic carbocycles. The number of hydrogen-bond donors (Lipinski definition) is 0. The van der Waals surface area contributed by atoms with Gasteiger partial charge in [-0.1, -0.05) is 42.5 Å². The number of carbonyl (C=O) groups is 1. The molecule has 0 N–H and O–H groups in total. The van der Waals surface area contributed by atoms with Crippen LogP contribution < -0.4 is 0 Å². The first-order chi connectivity index (χ1) is 15.8. The van der Waals surface area contributed by atoms with E-state index in [1.807, 2.05) is 50.2 Å². The minimum atomic E-state index is -3.73. The van der Waals surface area contributed by atoms with Crippen LogP contribution in [-0.4, -0.2) is 53.9 Å². The molecule has 2 aliphatic rings. The molecule has 3 aromatic rings. The molecule has 0 spiro atoms. The maximum Gasteiger partial charge on any atom is 0.410 e. The Balaban J connectivity index is 1.33. The second kappa shape index (κ2) is 8.11. The van der Waals surface area contributed by atoms with Gasteiger partial charge in [0.05, 0.1) is 4.90 Å². The Bertz CT molecular complexity index is 1290. The minimum absolute atomic E-state index is 0.0354. The van der Waals surface area contributed by atoms with Crippen LogP contribution in [0.2, 0.25) is 0 Å². The normalized spacial score (nSPS) is 22.4. The van der Waals surface area contributed by atoms with E-state index >= 15 is 0 Å². The monoisotopic (exact) mass is 465 g/mol. The highest BCUT2D eigenvalue weighted by molar-refractivity contribution is 7.89. The van der Waals surface area contributed by atoms with Gasteiger partial charge in [0.15, 0.2) is 0 Å². The van der Waals surface area contributed by atoms with Crippen molar-refractivity contribution in [2.75, 3.05) is 19.6 Å². The molecular formula is C25H27N3O4S. The largest absolute Gasteiger partial charge is 0.445 e. The molecule has 1 aromatic heterocycles. The molecule has 0 saturated carbocycles.